The maximum atomic E-state index is 12.2. The first kappa shape index (κ1) is 23.0. The molecule has 8 heteroatoms. The predicted molar refractivity (Wildman–Crippen MR) is 124 cm³/mol. The number of hydrogen-bond acceptors (Lipinski definition) is 5. The average molecular weight is 455 g/mol. The van der Waals surface area contributed by atoms with Gasteiger partial charge < -0.3 is 25.2 Å². The van der Waals surface area contributed by atoms with Gasteiger partial charge in [0.15, 0.2) is 18.1 Å². The third kappa shape index (κ3) is 6.15. The Morgan fingerprint density at radius 1 is 0.969 bits per heavy atom. The first-order chi connectivity index (χ1) is 15.4. The number of methoxy groups -OCH3 is 1. The van der Waals surface area contributed by atoms with Crippen LogP contribution in [-0.4, -0.2) is 30.7 Å². The van der Waals surface area contributed by atoms with Gasteiger partial charge in [0, 0.05) is 17.9 Å². The molecular weight excluding hydrogens is 432 g/mol. The van der Waals surface area contributed by atoms with E-state index in [1.807, 2.05) is 37.3 Å². The zero-order valence-electron chi connectivity index (χ0n) is 17.6. The molecule has 0 fully saturated rings. The summed E-state index contributed by atoms with van der Waals surface area (Å²) in [4.78, 5) is 23.4. The van der Waals surface area contributed by atoms with Gasteiger partial charge in [0.1, 0.15) is 0 Å². The van der Waals surface area contributed by atoms with Gasteiger partial charge in [-0.1, -0.05) is 35.4 Å². The highest BCUT2D eigenvalue weighted by molar-refractivity contribution is 6.33. The van der Waals surface area contributed by atoms with Crippen molar-refractivity contribution < 1.29 is 24.2 Å². The maximum absolute atomic E-state index is 12.2. The number of rotatable bonds is 9. The van der Waals surface area contributed by atoms with E-state index in [1.54, 1.807) is 18.2 Å². The molecule has 3 rings (SSSR count). The molecule has 1 amide bonds. The Balaban J connectivity index is 1.59. The monoisotopic (exact) mass is 454 g/mol. The molecule has 0 heterocycles. The first-order valence-electron chi connectivity index (χ1n) is 9.78. The van der Waals surface area contributed by atoms with Crippen molar-refractivity contribution >= 4 is 34.9 Å². The maximum Gasteiger partial charge on any atom is 0.337 e. The molecule has 0 aliphatic heterocycles. The average Bonchev–Trinajstić information content (AvgIpc) is 2.78. The number of nitrogens with one attached hydrogen (secondary N) is 2. The smallest absolute Gasteiger partial charge is 0.337 e. The molecule has 0 aliphatic rings. The number of carbonyl (C=O) groups excluding carboxylic acids is 1. The topological polar surface area (TPSA) is 96.9 Å². The van der Waals surface area contributed by atoms with E-state index in [2.05, 4.69) is 10.6 Å². The molecule has 3 N–H and O–H groups in total. The molecule has 0 spiro atoms. The molecular formula is C24H23ClN2O5. The van der Waals surface area contributed by atoms with E-state index in [-0.39, 0.29) is 23.1 Å². The van der Waals surface area contributed by atoms with Crippen LogP contribution in [-0.2, 0) is 11.3 Å². The Kier molecular flexibility index (Phi) is 7.57. The standard InChI is InChI=1S/C24H23ClN2O5/c1-15-3-6-17(7-4-15)27-23(28)14-32-21-10-5-16(11-22(21)31-2)13-26-18-8-9-20(25)19(12-18)24(29)30/h3-12,26H,13-14H2,1-2H3,(H,27,28)(H,29,30). The number of halogens is 1. The lowest BCUT2D eigenvalue weighted by molar-refractivity contribution is -0.118. The molecule has 3 aromatic rings. The number of hydrogen-bond donors (Lipinski definition) is 3. The van der Waals surface area contributed by atoms with E-state index in [4.69, 9.17) is 21.1 Å². The predicted octanol–water partition coefficient (Wildman–Crippen LogP) is 4.98. The lowest BCUT2D eigenvalue weighted by Crippen LogP contribution is -2.20. The van der Waals surface area contributed by atoms with Crippen molar-refractivity contribution in [1.82, 2.24) is 0 Å². The van der Waals surface area contributed by atoms with Crippen LogP contribution in [0.3, 0.4) is 0 Å². The molecule has 166 valence electrons. The Hall–Kier alpha value is -3.71. The highest BCUT2D eigenvalue weighted by Gasteiger charge is 2.11. The quantitative estimate of drug-likeness (QED) is 0.421. The lowest BCUT2D eigenvalue weighted by Gasteiger charge is -2.13. The van der Waals surface area contributed by atoms with Crippen LogP contribution in [0.1, 0.15) is 21.5 Å². The van der Waals surface area contributed by atoms with Gasteiger partial charge in [0.25, 0.3) is 5.91 Å². The van der Waals surface area contributed by atoms with Gasteiger partial charge in [-0.2, -0.15) is 0 Å². The van der Waals surface area contributed by atoms with Gasteiger partial charge in [-0.05, 0) is 55.0 Å². The Bertz CT molecular complexity index is 1120. The minimum absolute atomic E-state index is 0.0295. The van der Waals surface area contributed by atoms with E-state index in [0.717, 1.165) is 11.1 Å². The highest BCUT2D eigenvalue weighted by atomic mass is 35.5. The molecule has 0 saturated carbocycles. The fraction of sp³-hybridized carbons (Fsp3) is 0.167. The van der Waals surface area contributed by atoms with Crippen molar-refractivity contribution in [1.29, 1.82) is 0 Å². The van der Waals surface area contributed by atoms with Crippen molar-refractivity contribution in [3.05, 3.63) is 82.4 Å². The molecule has 0 unspecified atom stereocenters. The van der Waals surface area contributed by atoms with Crippen LogP contribution in [0.4, 0.5) is 11.4 Å². The van der Waals surface area contributed by atoms with Crippen LogP contribution in [0.5, 0.6) is 11.5 Å². The van der Waals surface area contributed by atoms with Crippen molar-refractivity contribution in [2.24, 2.45) is 0 Å². The summed E-state index contributed by atoms with van der Waals surface area (Å²) in [6.07, 6.45) is 0. The summed E-state index contributed by atoms with van der Waals surface area (Å²) in [5, 5.41) is 15.3. The number of carbonyl (C=O) groups is 2. The summed E-state index contributed by atoms with van der Waals surface area (Å²) in [5.41, 5.74) is 3.34. The second-order valence-corrected chi connectivity index (χ2v) is 7.45. The first-order valence-corrected chi connectivity index (χ1v) is 10.2. The summed E-state index contributed by atoms with van der Waals surface area (Å²) in [7, 11) is 1.52. The fourth-order valence-electron chi connectivity index (χ4n) is 2.92. The van der Waals surface area contributed by atoms with Crippen LogP contribution in [0.2, 0.25) is 5.02 Å². The van der Waals surface area contributed by atoms with Crippen LogP contribution >= 0.6 is 11.6 Å². The number of anilines is 2. The molecule has 0 aliphatic carbocycles. The van der Waals surface area contributed by atoms with Crippen LogP contribution < -0.4 is 20.1 Å². The van der Waals surface area contributed by atoms with E-state index >= 15 is 0 Å². The minimum atomic E-state index is -1.09. The van der Waals surface area contributed by atoms with Crippen molar-refractivity contribution in [2.75, 3.05) is 24.4 Å². The zero-order chi connectivity index (χ0) is 23.1. The normalized spacial score (nSPS) is 10.3. The molecule has 0 atom stereocenters. The Labute approximate surface area is 190 Å². The summed E-state index contributed by atoms with van der Waals surface area (Å²) in [6.45, 7) is 2.23. The van der Waals surface area contributed by atoms with Gasteiger partial charge in [-0.25, -0.2) is 4.79 Å². The van der Waals surface area contributed by atoms with Gasteiger partial charge in [-0.15, -0.1) is 0 Å². The Morgan fingerprint density at radius 3 is 2.38 bits per heavy atom. The number of benzene rings is 3. The van der Waals surface area contributed by atoms with E-state index in [1.165, 1.54) is 19.2 Å². The molecule has 0 bridgehead atoms. The fourth-order valence-corrected chi connectivity index (χ4v) is 3.12. The summed E-state index contributed by atoms with van der Waals surface area (Å²) in [6, 6.07) is 17.5. The highest BCUT2D eigenvalue weighted by Crippen LogP contribution is 2.29. The van der Waals surface area contributed by atoms with Gasteiger partial charge in [-0.3, -0.25) is 4.79 Å². The summed E-state index contributed by atoms with van der Waals surface area (Å²) < 4.78 is 11.0. The molecule has 3 aromatic carbocycles. The van der Waals surface area contributed by atoms with Gasteiger partial charge in [0.05, 0.1) is 17.7 Å². The van der Waals surface area contributed by atoms with E-state index in [9.17, 15) is 14.7 Å². The molecule has 0 aromatic heterocycles. The number of aryl methyl sites for hydroxylation is 1. The number of carboxylic acids is 1. The van der Waals surface area contributed by atoms with E-state index in [0.29, 0.717) is 29.4 Å². The van der Waals surface area contributed by atoms with Crippen molar-refractivity contribution in [3.8, 4) is 11.5 Å². The molecule has 0 saturated heterocycles. The summed E-state index contributed by atoms with van der Waals surface area (Å²) >= 11 is 5.90. The van der Waals surface area contributed by atoms with Crippen molar-refractivity contribution in [3.63, 3.8) is 0 Å². The SMILES string of the molecule is COc1cc(CNc2ccc(Cl)c(C(=O)O)c2)ccc1OCC(=O)Nc1ccc(C)cc1. The van der Waals surface area contributed by atoms with Crippen LogP contribution in [0.15, 0.2) is 60.7 Å². The third-order valence-corrected chi connectivity index (χ3v) is 4.95. The van der Waals surface area contributed by atoms with Crippen LogP contribution in [0, 0.1) is 6.92 Å². The van der Waals surface area contributed by atoms with Crippen LogP contribution in [0.25, 0.3) is 0 Å². The molecule has 7 nitrogen and oxygen atoms in total. The second-order valence-electron chi connectivity index (χ2n) is 7.04. The Morgan fingerprint density at radius 2 is 1.69 bits per heavy atom. The third-order valence-electron chi connectivity index (χ3n) is 4.62. The zero-order valence-corrected chi connectivity index (χ0v) is 18.4. The second kappa shape index (κ2) is 10.5. The van der Waals surface area contributed by atoms with Gasteiger partial charge >= 0.3 is 5.97 Å². The van der Waals surface area contributed by atoms with E-state index < -0.39 is 5.97 Å². The number of aromatic carboxylic acids is 1. The molecule has 0 radical (unpaired) electrons. The minimum Gasteiger partial charge on any atom is -0.493 e. The number of ether oxygens (including phenoxy) is 2. The van der Waals surface area contributed by atoms with Gasteiger partial charge in [0.2, 0.25) is 0 Å². The molecule has 32 heavy (non-hydrogen) atoms. The number of carboxylic acid groups (broad SMARTS) is 1. The number of amides is 1. The largest absolute Gasteiger partial charge is 0.493 e. The lowest BCUT2D eigenvalue weighted by atomic mass is 10.1. The summed E-state index contributed by atoms with van der Waals surface area (Å²) in [5.74, 6) is -0.448. The van der Waals surface area contributed by atoms with Crippen molar-refractivity contribution in [2.45, 2.75) is 13.5 Å².